The van der Waals surface area contributed by atoms with Crippen LogP contribution in [0, 0.1) is 11.3 Å². The van der Waals surface area contributed by atoms with Crippen molar-refractivity contribution in [3.8, 4) is 6.07 Å². The first-order chi connectivity index (χ1) is 17.2. The van der Waals surface area contributed by atoms with Crippen molar-refractivity contribution in [1.82, 2.24) is 4.57 Å². The maximum Gasteiger partial charge on any atom is 0.338 e. The molecule has 6 nitrogen and oxygen atoms in total. The van der Waals surface area contributed by atoms with Crippen LogP contribution in [-0.2, 0) is 9.53 Å². The number of nitrogens with two attached hydrogens (primary N) is 1. The van der Waals surface area contributed by atoms with Gasteiger partial charge in [0.05, 0.1) is 34.8 Å². The van der Waals surface area contributed by atoms with Crippen LogP contribution >= 0.6 is 11.3 Å². The number of carbonyl (C=O) groups is 1. The fraction of sp³-hybridized carbons (Fsp3) is 0.276. The van der Waals surface area contributed by atoms with Gasteiger partial charge in [-0.1, -0.05) is 76.2 Å². The van der Waals surface area contributed by atoms with E-state index in [1.807, 2.05) is 48.5 Å². The number of hydrogen-bond acceptors (Lipinski definition) is 6. The molecule has 1 aliphatic rings. The van der Waals surface area contributed by atoms with Gasteiger partial charge in [0.2, 0.25) is 0 Å². The van der Waals surface area contributed by atoms with Gasteiger partial charge in [-0.05, 0) is 40.2 Å². The number of aromatic nitrogens is 1. The molecule has 1 aromatic heterocycles. The van der Waals surface area contributed by atoms with Crippen LogP contribution in [0.5, 0.6) is 0 Å². The second kappa shape index (κ2) is 10.00. The van der Waals surface area contributed by atoms with Crippen LogP contribution in [0.2, 0.25) is 0 Å². The first kappa shape index (κ1) is 25.2. The van der Waals surface area contributed by atoms with E-state index in [-0.39, 0.29) is 17.0 Å². The van der Waals surface area contributed by atoms with E-state index >= 15 is 0 Å². The van der Waals surface area contributed by atoms with Gasteiger partial charge in [-0.3, -0.25) is 9.36 Å². The molecule has 0 unspecified atom stereocenters. The smallest absolute Gasteiger partial charge is 0.338 e. The molecule has 2 N–H and O–H groups in total. The number of esters is 1. The van der Waals surface area contributed by atoms with Crippen molar-refractivity contribution >= 4 is 34.8 Å². The van der Waals surface area contributed by atoms with Gasteiger partial charge in [0, 0.05) is 0 Å². The van der Waals surface area contributed by atoms with Crippen molar-refractivity contribution in [3.63, 3.8) is 0 Å². The Bertz CT molecular complexity index is 1560. The molecule has 0 amide bonds. The molecule has 2 aromatic carbocycles. The number of nitriles is 1. The van der Waals surface area contributed by atoms with Gasteiger partial charge in [-0.15, -0.1) is 11.3 Å². The molecule has 0 aliphatic carbocycles. The Balaban J connectivity index is 1.98. The highest BCUT2D eigenvalue weighted by Crippen LogP contribution is 2.37. The van der Waals surface area contributed by atoms with Crippen molar-refractivity contribution in [1.29, 1.82) is 5.26 Å². The van der Waals surface area contributed by atoms with Gasteiger partial charge in [-0.2, -0.15) is 5.26 Å². The molecule has 184 valence electrons. The topological polar surface area (TPSA) is 98.1 Å². The first-order valence-electron chi connectivity index (χ1n) is 11.8. The lowest BCUT2D eigenvalue weighted by Crippen LogP contribution is -2.40. The molecule has 0 spiro atoms. The van der Waals surface area contributed by atoms with Gasteiger partial charge in [0.25, 0.3) is 5.56 Å². The molecular formula is C29H29N3O3S. The summed E-state index contributed by atoms with van der Waals surface area (Å²) in [5.74, 6) is -0.679. The molecule has 2 heterocycles. The molecule has 7 heteroatoms. The van der Waals surface area contributed by atoms with E-state index < -0.39 is 11.9 Å². The van der Waals surface area contributed by atoms with Crippen LogP contribution < -0.4 is 20.5 Å². The van der Waals surface area contributed by atoms with E-state index in [0.717, 1.165) is 16.7 Å². The summed E-state index contributed by atoms with van der Waals surface area (Å²) in [6.07, 6.45) is 1.79. The average molecular weight is 500 g/mol. The molecule has 1 aliphatic heterocycles. The molecule has 36 heavy (non-hydrogen) atoms. The third-order valence-corrected chi connectivity index (χ3v) is 7.62. The molecule has 0 saturated carbocycles. The second-order valence-corrected chi connectivity index (χ2v) is 10.5. The molecule has 1 atom stereocenters. The number of ether oxygens (including phenoxy) is 1. The zero-order chi connectivity index (χ0) is 26.1. The summed E-state index contributed by atoms with van der Waals surface area (Å²) in [6.45, 7) is 8.44. The zero-order valence-electron chi connectivity index (χ0n) is 21.0. The van der Waals surface area contributed by atoms with Crippen molar-refractivity contribution in [3.05, 3.63) is 95.9 Å². The zero-order valence-corrected chi connectivity index (χ0v) is 21.8. The number of benzene rings is 2. The lowest BCUT2D eigenvalue weighted by Gasteiger charge is -2.25. The summed E-state index contributed by atoms with van der Waals surface area (Å²) in [7, 11) is 1.26. The molecule has 0 saturated heterocycles. The normalized spacial score (nSPS) is 15.9. The van der Waals surface area contributed by atoms with Gasteiger partial charge in [-0.25, -0.2) is 4.79 Å². The van der Waals surface area contributed by atoms with E-state index in [1.54, 1.807) is 6.08 Å². The van der Waals surface area contributed by atoms with Crippen LogP contribution in [0.4, 0.5) is 0 Å². The quantitative estimate of drug-likeness (QED) is 0.539. The molecule has 4 rings (SSSR count). The van der Waals surface area contributed by atoms with Gasteiger partial charge < -0.3 is 10.5 Å². The predicted molar refractivity (Wildman–Crippen MR) is 144 cm³/mol. The van der Waals surface area contributed by atoms with Gasteiger partial charge >= 0.3 is 5.97 Å². The largest absolute Gasteiger partial charge is 0.466 e. The highest BCUT2D eigenvalue weighted by atomic mass is 32.1. The van der Waals surface area contributed by atoms with E-state index in [2.05, 4.69) is 33.8 Å². The lowest BCUT2D eigenvalue weighted by atomic mass is 9.83. The predicted octanol–water partition coefficient (Wildman–Crippen LogP) is 3.76. The third-order valence-electron chi connectivity index (χ3n) is 6.51. The number of rotatable bonds is 5. The maximum atomic E-state index is 13.4. The van der Waals surface area contributed by atoms with E-state index in [4.69, 9.17) is 10.5 Å². The summed E-state index contributed by atoms with van der Waals surface area (Å²) in [5.41, 5.74) is 10.4. The number of hydrogen-bond donors (Lipinski definition) is 1. The fourth-order valence-corrected chi connectivity index (χ4v) is 5.53. The highest BCUT2D eigenvalue weighted by Gasteiger charge is 2.36. The Morgan fingerprint density at radius 2 is 1.61 bits per heavy atom. The average Bonchev–Trinajstić information content (AvgIpc) is 3.19. The van der Waals surface area contributed by atoms with Crippen molar-refractivity contribution in [2.24, 2.45) is 5.73 Å². The molecule has 0 fully saturated rings. The SMILES string of the molecule is COC(=O)C1=C(N)n2c(s/c(=C\c3ccc(C(C)C)cc3)c2=O)=C(C#N)[C@H]1c1ccc(C(C)C)cc1. The Kier molecular flexibility index (Phi) is 7.00. The second-order valence-electron chi connectivity index (χ2n) is 9.45. The maximum absolute atomic E-state index is 13.4. The molecule has 3 aromatic rings. The van der Waals surface area contributed by atoms with Crippen LogP contribution in [-0.4, -0.2) is 17.6 Å². The van der Waals surface area contributed by atoms with Gasteiger partial charge in [0.15, 0.2) is 0 Å². The summed E-state index contributed by atoms with van der Waals surface area (Å²) in [4.78, 5) is 26.3. The number of fused-ring (bicyclic) bond motifs is 1. The van der Waals surface area contributed by atoms with Crippen molar-refractivity contribution in [2.75, 3.05) is 7.11 Å². The Morgan fingerprint density at radius 3 is 2.11 bits per heavy atom. The lowest BCUT2D eigenvalue weighted by molar-refractivity contribution is -0.136. The monoisotopic (exact) mass is 499 g/mol. The van der Waals surface area contributed by atoms with E-state index in [0.29, 0.717) is 26.6 Å². The Morgan fingerprint density at radius 1 is 1.06 bits per heavy atom. The fourth-order valence-electron chi connectivity index (χ4n) is 4.40. The first-order valence-corrected chi connectivity index (χ1v) is 12.7. The Labute approximate surface area is 214 Å². The minimum Gasteiger partial charge on any atom is -0.466 e. The molecular weight excluding hydrogens is 470 g/mol. The summed E-state index contributed by atoms with van der Waals surface area (Å²) < 4.78 is 7.16. The number of carbonyl (C=O) groups excluding carboxylic acids is 1. The standard InChI is InChI=1S/C29H29N3O3S/c1-16(2)19-8-6-18(7-9-19)14-23-27(33)32-26(31)25(29(34)35-5)24(22(15-30)28(32)36-23)21-12-10-20(11-13-21)17(3)4/h6-14,16-17,24H,31H2,1-5H3/b23-14-/t24-/m1/s1. The Hall–Kier alpha value is -3.89. The summed E-state index contributed by atoms with van der Waals surface area (Å²) >= 11 is 1.20. The number of nitrogens with zero attached hydrogens (tertiary/aromatic N) is 2. The minimum atomic E-state index is -0.736. The number of thiazole rings is 1. The minimum absolute atomic E-state index is 0.00941. The van der Waals surface area contributed by atoms with Gasteiger partial charge in [0.1, 0.15) is 10.5 Å². The van der Waals surface area contributed by atoms with Crippen LogP contribution in [0.25, 0.3) is 17.5 Å². The summed E-state index contributed by atoms with van der Waals surface area (Å²) in [6, 6.07) is 18.0. The van der Waals surface area contributed by atoms with Crippen LogP contribution in [0.1, 0.15) is 67.7 Å². The third kappa shape index (κ3) is 4.40. The summed E-state index contributed by atoms with van der Waals surface area (Å²) in [5, 5.41) is 10.2. The number of methoxy groups -OCH3 is 1. The van der Waals surface area contributed by atoms with Crippen LogP contribution in [0.15, 0.2) is 58.9 Å². The molecule has 0 radical (unpaired) electrons. The van der Waals surface area contributed by atoms with Crippen LogP contribution in [0.3, 0.4) is 0 Å². The molecule has 0 bridgehead atoms. The van der Waals surface area contributed by atoms with Crippen molar-refractivity contribution < 1.29 is 9.53 Å². The van der Waals surface area contributed by atoms with Crippen molar-refractivity contribution in [2.45, 2.75) is 45.4 Å². The van der Waals surface area contributed by atoms with E-state index in [1.165, 1.54) is 28.6 Å². The van der Waals surface area contributed by atoms with E-state index in [9.17, 15) is 14.9 Å². The highest BCUT2D eigenvalue weighted by molar-refractivity contribution is 7.07.